The lowest BCUT2D eigenvalue weighted by Gasteiger charge is -2.30. The smallest absolute Gasteiger partial charge is 0.407 e. The fourth-order valence-electron chi connectivity index (χ4n) is 5.10. The Hall–Kier alpha value is -2.81. The minimum Gasteiger partial charge on any atom is -0.481 e. The van der Waals surface area contributed by atoms with Gasteiger partial charge in [0.1, 0.15) is 12.2 Å². The highest BCUT2D eigenvalue weighted by molar-refractivity contribution is 5.71. The normalized spacial score (nSPS) is 17.1. The van der Waals surface area contributed by atoms with Crippen molar-refractivity contribution in [3.05, 3.63) is 35.9 Å². The summed E-state index contributed by atoms with van der Waals surface area (Å²) in [5.74, 6) is -1.02. The van der Waals surface area contributed by atoms with Crippen molar-refractivity contribution in [2.24, 2.45) is 0 Å². The number of hydrogen-bond donors (Lipinski definition) is 4. The van der Waals surface area contributed by atoms with E-state index in [1.807, 2.05) is 30.3 Å². The second kappa shape index (κ2) is 18.5. The van der Waals surface area contributed by atoms with Crippen molar-refractivity contribution in [2.45, 2.75) is 135 Å². The first-order valence-electron chi connectivity index (χ1n) is 15.0. The summed E-state index contributed by atoms with van der Waals surface area (Å²) in [5, 5.41) is 18.0. The van der Waals surface area contributed by atoms with Crippen molar-refractivity contribution >= 4 is 18.2 Å². The Kier molecular flexibility index (Phi) is 15.5. The number of aliphatic carboxylic acids is 1. The first kappa shape index (κ1) is 33.4. The molecule has 2 aliphatic carbocycles. The van der Waals surface area contributed by atoms with Crippen molar-refractivity contribution < 1.29 is 29.0 Å². The van der Waals surface area contributed by atoms with Crippen LogP contribution in [-0.4, -0.2) is 53.5 Å². The van der Waals surface area contributed by atoms with Gasteiger partial charge in [0.05, 0.1) is 6.42 Å². The molecular formula is C31H51N3O6. The lowest BCUT2D eigenvalue weighted by molar-refractivity contribution is -0.137. The van der Waals surface area contributed by atoms with Gasteiger partial charge in [-0.3, -0.25) is 4.79 Å². The van der Waals surface area contributed by atoms with Gasteiger partial charge in [-0.1, -0.05) is 68.9 Å². The van der Waals surface area contributed by atoms with Gasteiger partial charge >= 0.3 is 18.2 Å². The van der Waals surface area contributed by atoms with E-state index in [9.17, 15) is 14.4 Å². The number of carbonyl (C=O) groups excluding carboxylic acids is 2. The fourth-order valence-corrected chi connectivity index (χ4v) is 5.10. The molecule has 2 aliphatic rings. The maximum atomic E-state index is 11.8. The summed E-state index contributed by atoms with van der Waals surface area (Å²) in [6.07, 6.45) is 14.0. The molecule has 0 spiro atoms. The molecular weight excluding hydrogens is 510 g/mol. The van der Waals surface area contributed by atoms with Crippen molar-refractivity contribution in [2.75, 3.05) is 6.54 Å². The average molecular weight is 562 g/mol. The van der Waals surface area contributed by atoms with Gasteiger partial charge in [-0.05, 0) is 64.9 Å². The van der Waals surface area contributed by atoms with Crippen molar-refractivity contribution in [3.8, 4) is 0 Å². The molecule has 1 unspecified atom stereocenters. The Morgan fingerprint density at radius 1 is 0.900 bits per heavy atom. The molecule has 2 saturated carbocycles. The van der Waals surface area contributed by atoms with Crippen molar-refractivity contribution in [1.29, 1.82) is 0 Å². The van der Waals surface area contributed by atoms with E-state index in [1.54, 1.807) is 20.8 Å². The molecule has 9 nitrogen and oxygen atoms in total. The second-order valence-electron chi connectivity index (χ2n) is 11.9. The Balaban J connectivity index is 0.000000355. The molecule has 0 aliphatic heterocycles. The lowest BCUT2D eigenvalue weighted by atomic mass is 9.91. The van der Waals surface area contributed by atoms with Crippen LogP contribution in [0.2, 0.25) is 0 Å². The molecule has 226 valence electrons. The molecule has 1 aromatic carbocycles. The number of rotatable bonds is 11. The van der Waals surface area contributed by atoms with Crippen molar-refractivity contribution in [3.63, 3.8) is 0 Å². The van der Waals surface area contributed by atoms with Crippen LogP contribution in [0.1, 0.15) is 110 Å². The van der Waals surface area contributed by atoms with E-state index in [-0.39, 0.29) is 13.0 Å². The molecule has 2 fully saturated rings. The predicted octanol–water partition coefficient (Wildman–Crippen LogP) is 6.30. The molecule has 2 amide bonds. The average Bonchev–Trinajstić information content (AvgIpc) is 2.90. The monoisotopic (exact) mass is 561 g/mol. The van der Waals surface area contributed by atoms with Gasteiger partial charge in [0.25, 0.3) is 0 Å². The molecule has 0 heterocycles. The molecule has 4 N–H and O–H groups in total. The van der Waals surface area contributed by atoms with Crippen LogP contribution in [0, 0.1) is 0 Å². The maximum absolute atomic E-state index is 11.8. The Bertz CT molecular complexity index is 846. The summed E-state index contributed by atoms with van der Waals surface area (Å²) in [5.41, 5.74) is 0.220. The first-order chi connectivity index (χ1) is 19.1. The number of benzene rings is 1. The molecule has 0 aromatic heterocycles. The number of ether oxygens (including phenoxy) is 2. The molecule has 40 heavy (non-hydrogen) atoms. The van der Waals surface area contributed by atoms with Crippen LogP contribution < -0.4 is 16.0 Å². The van der Waals surface area contributed by atoms with E-state index in [0.29, 0.717) is 19.4 Å². The van der Waals surface area contributed by atoms with Crippen LogP contribution in [0.25, 0.3) is 0 Å². The van der Waals surface area contributed by atoms with Crippen molar-refractivity contribution in [1.82, 2.24) is 16.0 Å². The van der Waals surface area contributed by atoms with Gasteiger partial charge in [-0.15, -0.1) is 0 Å². The molecule has 1 atom stereocenters. The third-order valence-electron chi connectivity index (χ3n) is 7.04. The SMILES string of the molecule is C1CCC(NC2CCCCC2)CC1.CC(C)(C)OC(=O)NC(CCCNC(=O)OCc1ccccc1)CC(=O)O. The zero-order valence-corrected chi connectivity index (χ0v) is 24.7. The van der Waals surface area contributed by atoms with Gasteiger partial charge in [0.2, 0.25) is 0 Å². The Morgan fingerprint density at radius 3 is 2.00 bits per heavy atom. The van der Waals surface area contributed by atoms with E-state index >= 15 is 0 Å². The molecule has 1 aromatic rings. The fraction of sp³-hybridized carbons (Fsp3) is 0.710. The summed E-state index contributed by atoms with van der Waals surface area (Å²) >= 11 is 0. The number of nitrogens with one attached hydrogen (secondary N) is 3. The third-order valence-corrected chi connectivity index (χ3v) is 7.04. The zero-order chi connectivity index (χ0) is 29.2. The molecule has 3 rings (SSSR count). The summed E-state index contributed by atoms with van der Waals surface area (Å²) < 4.78 is 10.2. The highest BCUT2D eigenvalue weighted by Crippen LogP contribution is 2.22. The lowest BCUT2D eigenvalue weighted by Crippen LogP contribution is -2.40. The van der Waals surface area contributed by atoms with Gasteiger partial charge in [0, 0.05) is 24.7 Å². The topological polar surface area (TPSA) is 126 Å². The van der Waals surface area contributed by atoms with Gasteiger partial charge in [-0.2, -0.15) is 0 Å². The summed E-state index contributed by atoms with van der Waals surface area (Å²) in [4.78, 5) is 34.4. The second-order valence-corrected chi connectivity index (χ2v) is 11.9. The Morgan fingerprint density at radius 2 is 1.48 bits per heavy atom. The summed E-state index contributed by atoms with van der Waals surface area (Å²) in [7, 11) is 0. The van der Waals surface area contributed by atoms with Crippen LogP contribution in [0.4, 0.5) is 9.59 Å². The van der Waals surface area contributed by atoms with Gasteiger partial charge in [-0.25, -0.2) is 9.59 Å². The summed E-state index contributed by atoms with van der Waals surface area (Å²) in [6, 6.07) is 10.5. The van der Waals surface area contributed by atoms with Crippen LogP contribution in [0.5, 0.6) is 0 Å². The quantitative estimate of drug-likeness (QED) is 0.234. The van der Waals surface area contributed by atoms with E-state index < -0.39 is 29.8 Å². The number of hydrogen-bond acceptors (Lipinski definition) is 6. The largest absolute Gasteiger partial charge is 0.481 e. The summed E-state index contributed by atoms with van der Waals surface area (Å²) in [6.45, 7) is 5.66. The number of amides is 2. The predicted molar refractivity (Wildman–Crippen MR) is 156 cm³/mol. The van der Waals surface area contributed by atoms with Gasteiger partial charge < -0.3 is 30.5 Å². The minimum atomic E-state index is -1.02. The first-order valence-corrected chi connectivity index (χ1v) is 15.0. The minimum absolute atomic E-state index is 0.175. The van der Waals surface area contributed by atoms with Crippen LogP contribution >= 0.6 is 0 Å². The van der Waals surface area contributed by atoms with E-state index in [4.69, 9.17) is 14.6 Å². The van der Waals surface area contributed by atoms with E-state index in [1.165, 1.54) is 64.2 Å². The maximum Gasteiger partial charge on any atom is 0.407 e. The van der Waals surface area contributed by atoms with Crippen LogP contribution in [0.3, 0.4) is 0 Å². The Labute approximate surface area is 240 Å². The van der Waals surface area contributed by atoms with Crippen LogP contribution in [-0.2, 0) is 20.9 Å². The van der Waals surface area contributed by atoms with E-state index in [0.717, 1.165) is 17.6 Å². The molecule has 9 heteroatoms. The molecule has 0 bridgehead atoms. The highest BCUT2D eigenvalue weighted by atomic mass is 16.6. The van der Waals surface area contributed by atoms with E-state index in [2.05, 4.69) is 16.0 Å². The number of alkyl carbamates (subject to hydrolysis) is 2. The highest BCUT2D eigenvalue weighted by Gasteiger charge is 2.21. The molecule has 0 saturated heterocycles. The van der Waals surface area contributed by atoms with Crippen LogP contribution in [0.15, 0.2) is 30.3 Å². The number of carbonyl (C=O) groups is 3. The standard InChI is InChI=1S/C19H28N2O6.C12H23N/c1-19(2,3)27-18(25)21-15(12-16(22)23)10-7-11-20-17(24)26-13-14-8-5-4-6-9-14;1-3-7-11(8-4-1)13-12-9-5-2-6-10-12/h4-6,8-9,15H,7,10-13H2,1-3H3,(H,20,24)(H,21,25)(H,22,23);11-13H,1-10H2. The third kappa shape index (κ3) is 16.3. The zero-order valence-electron chi connectivity index (χ0n) is 24.7. The number of carboxylic acid groups (broad SMARTS) is 1. The number of carboxylic acids is 1. The van der Waals surface area contributed by atoms with Gasteiger partial charge in [0.15, 0.2) is 0 Å². The molecule has 0 radical (unpaired) electrons.